The molecule has 0 aromatic carbocycles. The van der Waals surface area contributed by atoms with Crippen LogP contribution in [0.2, 0.25) is 0 Å². The predicted octanol–water partition coefficient (Wildman–Crippen LogP) is -2.90. The van der Waals surface area contributed by atoms with Crippen molar-refractivity contribution < 1.29 is 35.1 Å². The molecule has 1 unspecified atom stereocenters. The van der Waals surface area contributed by atoms with Crippen molar-refractivity contribution in [1.29, 1.82) is 0 Å². The third kappa shape index (κ3) is 3.79. The van der Waals surface area contributed by atoms with Crippen molar-refractivity contribution in [2.45, 2.75) is 30.8 Å². The molecule has 5 N–H and O–H groups in total. The Morgan fingerprint density at radius 2 is 1.64 bits per heavy atom. The number of aldehydes is 1. The van der Waals surface area contributed by atoms with Crippen LogP contribution >= 0.6 is 0 Å². The van der Waals surface area contributed by atoms with Gasteiger partial charge in [-0.15, -0.1) is 0 Å². The topological polar surface area (TPSA) is 135 Å². The van der Waals surface area contributed by atoms with Crippen LogP contribution in [0.25, 0.3) is 0 Å². The van der Waals surface area contributed by atoms with E-state index in [2.05, 4.69) is 0 Å². The average molecular weight is 208 g/mol. The van der Waals surface area contributed by atoms with E-state index in [0.717, 1.165) is 0 Å². The van der Waals surface area contributed by atoms with Gasteiger partial charge in [0.05, 0.1) is 12.5 Å². The lowest BCUT2D eigenvalue weighted by atomic mass is 10.0. The van der Waals surface area contributed by atoms with Crippen molar-refractivity contribution in [2.75, 3.05) is 0 Å². The summed E-state index contributed by atoms with van der Waals surface area (Å²) >= 11 is 0. The van der Waals surface area contributed by atoms with E-state index < -0.39 is 36.8 Å². The third-order valence-electron chi connectivity index (χ3n) is 1.62. The predicted molar refractivity (Wildman–Crippen MR) is 42.3 cm³/mol. The molecule has 0 radical (unpaired) electrons. The molecule has 4 atom stereocenters. The summed E-state index contributed by atoms with van der Waals surface area (Å²) in [6.45, 7) is 0. The zero-order chi connectivity index (χ0) is 11.3. The van der Waals surface area contributed by atoms with Gasteiger partial charge in [-0.25, -0.2) is 0 Å². The molecule has 82 valence electrons. The van der Waals surface area contributed by atoms with E-state index in [9.17, 15) is 9.59 Å². The molecule has 0 aliphatic heterocycles. The number of carboxylic acid groups (broad SMARTS) is 1. The molecule has 0 bridgehead atoms. The fraction of sp³-hybridized carbons (Fsp3) is 0.714. The van der Waals surface area contributed by atoms with E-state index in [4.69, 9.17) is 25.5 Å². The Balaban J connectivity index is 4.22. The molecule has 0 spiro atoms. The minimum atomic E-state index is -1.90. The molecular formula is C7H12O7. The summed E-state index contributed by atoms with van der Waals surface area (Å²) in [6.07, 6.45) is -8.19. The zero-order valence-corrected chi connectivity index (χ0v) is 7.15. The standard InChI is InChI=1S/C7H12O7/c8-2-4(10)7(14)6(13)3(9)1-5(11)12/h2-4,6-7,9-10,13-14H,1H2,(H,11,12)/t3?,4-,6+,7+/m0/s1. The fourth-order valence-corrected chi connectivity index (χ4v) is 0.810. The first kappa shape index (κ1) is 13.0. The molecule has 0 saturated heterocycles. The normalized spacial score (nSPS) is 19.4. The minimum absolute atomic E-state index is 0.0264. The molecular weight excluding hydrogens is 196 g/mol. The number of rotatable bonds is 6. The maximum Gasteiger partial charge on any atom is 0.306 e. The van der Waals surface area contributed by atoms with Crippen molar-refractivity contribution in [3.05, 3.63) is 0 Å². The van der Waals surface area contributed by atoms with Gasteiger partial charge in [-0.3, -0.25) is 4.79 Å². The van der Waals surface area contributed by atoms with Gasteiger partial charge in [0.15, 0.2) is 6.29 Å². The Morgan fingerprint density at radius 1 is 1.14 bits per heavy atom. The van der Waals surface area contributed by atoms with Crippen molar-refractivity contribution >= 4 is 12.3 Å². The van der Waals surface area contributed by atoms with Crippen molar-refractivity contribution in [2.24, 2.45) is 0 Å². The highest BCUT2D eigenvalue weighted by Crippen LogP contribution is 2.06. The second-order valence-corrected chi connectivity index (χ2v) is 2.77. The smallest absolute Gasteiger partial charge is 0.306 e. The van der Waals surface area contributed by atoms with Crippen molar-refractivity contribution in [1.82, 2.24) is 0 Å². The van der Waals surface area contributed by atoms with Crippen molar-refractivity contribution in [3.8, 4) is 0 Å². The van der Waals surface area contributed by atoms with Crippen LogP contribution < -0.4 is 0 Å². The van der Waals surface area contributed by atoms with E-state index in [-0.39, 0.29) is 6.29 Å². The Hall–Kier alpha value is -1.02. The summed E-state index contributed by atoms with van der Waals surface area (Å²) in [5, 5.41) is 44.0. The Kier molecular flexibility index (Phi) is 5.24. The zero-order valence-electron chi connectivity index (χ0n) is 7.15. The molecule has 0 aliphatic rings. The second kappa shape index (κ2) is 5.66. The number of aliphatic carboxylic acids is 1. The molecule has 0 saturated carbocycles. The third-order valence-corrected chi connectivity index (χ3v) is 1.62. The van der Waals surface area contributed by atoms with Gasteiger partial charge in [-0.05, 0) is 0 Å². The van der Waals surface area contributed by atoms with Gasteiger partial charge in [-0.1, -0.05) is 0 Å². The molecule has 0 aliphatic carbocycles. The second-order valence-electron chi connectivity index (χ2n) is 2.77. The summed E-state index contributed by atoms with van der Waals surface area (Å²) in [5.41, 5.74) is 0. The summed E-state index contributed by atoms with van der Waals surface area (Å²) in [7, 11) is 0. The van der Waals surface area contributed by atoms with Gasteiger partial charge >= 0.3 is 5.97 Å². The van der Waals surface area contributed by atoms with Gasteiger partial charge in [0.25, 0.3) is 0 Å². The van der Waals surface area contributed by atoms with E-state index in [1.54, 1.807) is 0 Å². The fourth-order valence-electron chi connectivity index (χ4n) is 0.810. The molecule has 0 rings (SSSR count). The Bertz CT molecular complexity index is 204. The molecule has 0 fully saturated rings. The van der Waals surface area contributed by atoms with Crippen LogP contribution in [0.15, 0.2) is 0 Å². The lowest BCUT2D eigenvalue weighted by Gasteiger charge is -2.22. The minimum Gasteiger partial charge on any atom is -0.481 e. The van der Waals surface area contributed by atoms with E-state index in [0.29, 0.717) is 0 Å². The van der Waals surface area contributed by atoms with Gasteiger partial charge in [0.1, 0.15) is 18.3 Å². The lowest BCUT2D eigenvalue weighted by molar-refractivity contribution is -0.147. The summed E-state index contributed by atoms with van der Waals surface area (Å²) in [4.78, 5) is 20.1. The van der Waals surface area contributed by atoms with Crippen LogP contribution in [0.1, 0.15) is 6.42 Å². The number of hydrogen-bond acceptors (Lipinski definition) is 6. The Morgan fingerprint density at radius 3 is 2.00 bits per heavy atom. The quantitative estimate of drug-likeness (QED) is 0.295. The summed E-state index contributed by atoms with van der Waals surface area (Å²) in [5.74, 6) is -1.37. The van der Waals surface area contributed by atoms with E-state index in [1.807, 2.05) is 0 Å². The van der Waals surface area contributed by atoms with Crippen molar-refractivity contribution in [3.63, 3.8) is 0 Å². The highest BCUT2D eigenvalue weighted by Gasteiger charge is 2.31. The van der Waals surface area contributed by atoms with Gasteiger partial charge in [0.2, 0.25) is 0 Å². The van der Waals surface area contributed by atoms with Crippen LogP contribution in [-0.2, 0) is 9.59 Å². The lowest BCUT2D eigenvalue weighted by Crippen LogP contribution is -2.45. The molecule has 0 aromatic heterocycles. The number of hydrogen-bond donors (Lipinski definition) is 5. The maximum absolute atomic E-state index is 10.1. The average Bonchev–Trinajstić information content (AvgIpc) is 2.13. The first-order chi connectivity index (χ1) is 6.40. The van der Waals surface area contributed by atoms with E-state index >= 15 is 0 Å². The van der Waals surface area contributed by atoms with Crippen LogP contribution in [0.3, 0.4) is 0 Å². The van der Waals surface area contributed by atoms with E-state index in [1.165, 1.54) is 0 Å². The molecule has 7 heteroatoms. The highest BCUT2D eigenvalue weighted by atomic mass is 16.4. The number of carboxylic acids is 1. The number of aliphatic hydroxyl groups excluding tert-OH is 4. The van der Waals surface area contributed by atoms with Crippen LogP contribution in [0.5, 0.6) is 0 Å². The molecule has 0 amide bonds. The molecule has 0 aromatic rings. The number of carbonyl (C=O) groups excluding carboxylic acids is 1. The van der Waals surface area contributed by atoms with Crippen LogP contribution in [-0.4, -0.2) is 62.2 Å². The van der Waals surface area contributed by atoms with Crippen LogP contribution in [0.4, 0.5) is 0 Å². The first-order valence-electron chi connectivity index (χ1n) is 3.79. The number of aliphatic hydroxyl groups is 4. The summed E-state index contributed by atoms with van der Waals surface area (Å²) in [6, 6.07) is 0. The molecule has 14 heavy (non-hydrogen) atoms. The Labute approximate surface area is 79.2 Å². The van der Waals surface area contributed by atoms with Gasteiger partial charge < -0.3 is 30.3 Å². The van der Waals surface area contributed by atoms with Gasteiger partial charge in [-0.2, -0.15) is 0 Å². The monoisotopic (exact) mass is 208 g/mol. The molecule has 7 nitrogen and oxygen atoms in total. The maximum atomic E-state index is 10.1. The summed E-state index contributed by atoms with van der Waals surface area (Å²) < 4.78 is 0. The molecule has 0 heterocycles. The highest BCUT2D eigenvalue weighted by molar-refractivity contribution is 5.67. The number of carbonyl (C=O) groups is 2. The SMILES string of the molecule is O=C[C@H](O)[C@@H](O)[C@H](O)C(O)CC(=O)O. The van der Waals surface area contributed by atoms with Crippen LogP contribution in [0, 0.1) is 0 Å². The van der Waals surface area contributed by atoms with Gasteiger partial charge in [0, 0.05) is 0 Å². The first-order valence-corrected chi connectivity index (χ1v) is 3.79. The largest absolute Gasteiger partial charge is 0.481 e.